The van der Waals surface area contributed by atoms with E-state index in [2.05, 4.69) is 43.2 Å². The highest BCUT2D eigenvalue weighted by Crippen LogP contribution is 2.26. The Labute approximate surface area is 114 Å². The second-order valence-corrected chi connectivity index (χ2v) is 7.37. The molecule has 0 aromatic heterocycles. The van der Waals surface area contributed by atoms with Gasteiger partial charge in [-0.1, -0.05) is 0 Å². The molecule has 2 saturated heterocycles. The lowest BCUT2D eigenvalue weighted by Gasteiger charge is -2.48. The maximum atomic E-state index is 11.3. The highest BCUT2D eigenvalue weighted by Gasteiger charge is 2.44. The summed E-state index contributed by atoms with van der Waals surface area (Å²) < 4.78 is 0. The smallest absolute Gasteiger partial charge is 0.227 e. The molecule has 2 heterocycles. The maximum Gasteiger partial charge on any atom is 0.227 e. The van der Waals surface area contributed by atoms with Crippen molar-refractivity contribution in [1.29, 1.82) is 0 Å². The number of piperidine rings is 1. The van der Waals surface area contributed by atoms with Gasteiger partial charge in [-0.05, 0) is 39.9 Å². The van der Waals surface area contributed by atoms with Crippen LogP contribution in [0.3, 0.4) is 0 Å². The van der Waals surface area contributed by atoms with Crippen molar-refractivity contribution in [3.05, 3.63) is 0 Å². The highest BCUT2D eigenvalue weighted by molar-refractivity contribution is 7.80. The third-order valence-corrected chi connectivity index (χ3v) is 4.17. The summed E-state index contributed by atoms with van der Waals surface area (Å²) in [5, 5.41) is 5.87. The lowest BCUT2D eigenvalue weighted by atomic mass is 9.79. The first-order chi connectivity index (χ1) is 8.19. The van der Waals surface area contributed by atoms with Gasteiger partial charge in [0.25, 0.3) is 0 Å². The first kappa shape index (κ1) is 13.7. The zero-order valence-corrected chi connectivity index (χ0v) is 12.6. The van der Waals surface area contributed by atoms with Crippen molar-refractivity contribution in [3.8, 4) is 0 Å². The molecule has 3 N–H and O–H groups in total. The Kier molecular flexibility index (Phi) is 3.40. The highest BCUT2D eigenvalue weighted by atomic mass is 32.1. The normalized spacial score (nSPS) is 28.1. The summed E-state index contributed by atoms with van der Waals surface area (Å²) in [6.07, 6.45) is 2.76. The Balaban J connectivity index is 2.13. The number of quaternary nitrogens is 1. The van der Waals surface area contributed by atoms with E-state index in [9.17, 15) is 4.79 Å². The Morgan fingerprint density at radius 2 is 1.83 bits per heavy atom. The lowest BCUT2D eigenvalue weighted by molar-refractivity contribution is -0.788. The van der Waals surface area contributed by atoms with Gasteiger partial charge < -0.3 is 15.5 Å². The Hall–Kier alpha value is -0.680. The second-order valence-electron chi connectivity index (χ2n) is 6.98. The van der Waals surface area contributed by atoms with Crippen LogP contribution in [0.4, 0.5) is 0 Å². The summed E-state index contributed by atoms with van der Waals surface area (Å²) in [7, 11) is 0. The summed E-state index contributed by atoms with van der Waals surface area (Å²) in [6.45, 7) is 9.90. The average molecular weight is 270 g/mol. The lowest BCUT2D eigenvalue weighted by Crippen LogP contribution is -3.06. The van der Waals surface area contributed by atoms with Crippen molar-refractivity contribution in [2.24, 2.45) is 0 Å². The molecule has 2 aliphatic rings. The standard InChI is InChI=1S/C13H23N3OS/c1-12(2)7-9(8-13(3,4)15-12)16-6-5-10(17)14-11(16)18/h9,15H,5-8H2,1-4H3,(H,14,17,18)/p+1. The van der Waals surface area contributed by atoms with Crippen LogP contribution in [-0.4, -0.2) is 39.6 Å². The zero-order valence-electron chi connectivity index (χ0n) is 11.7. The Morgan fingerprint density at radius 3 is 2.33 bits per heavy atom. The monoisotopic (exact) mass is 270 g/mol. The molecule has 0 spiro atoms. The van der Waals surface area contributed by atoms with Crippen molar-refractivity contribution < 1.29 is 10.1 Å². The molecule has 0 radical (unpaired) electrons. The first-order valence-electron chi connectivity index (χ1n) is 6.66. The van der Waals surface area contributed by atoms with Gasteiger partial charge >= 0.3 is 0 Å². The van der Waals surface area contributed by atoms with E-state index in [4.69, 9.17) is 12.2 Å². The quantitative estimate of drug-likeness (QED) is 0.677. The van der Waals surface area contributed by atoms with Crippen LogP contribution in [0.1, 0.15) is 47.0 Å². The molecule has 2 aliphatic heterocycles. The van der Waals surface area contributed by atoms with Crippen LogP contribution in [0.2, 0.25) is 0 Å². The molecule has 0 bridgehead atoms. The van der Waals surface area contributed by atoms with Gasteiger partial charge in [-0.3, -0.25) is 4.79 Å². The van der Waals surface area contributed by atoms with Gasteiger partial charge in [0.05, 0.1) is 11.1 Å². The molecule has 5 heteroatoms. The van der Waals surface area contributed by atoms with Gasteiger partial charge in [0.2, 0.25) is 5.91 Å². The molecule has 0 aliphatic carbocycles. The number of thiocarbonyl (C=S) groups is 1. The average Bonchev–Trinajstić information content (AvgIpc) is 2.11. The van der Waals surface area contributed by atoms with E-state index >= 15 is 0 Å². The maximum absolute atomic E-state index is 11.3. The minimum Gasteiger partial charge on any atom is -0.345 e. The second kappa shape index (κ2) is 4.46. The predicted octanol–water partition coefficient (Wildman–Crippen LogP) is 0.376. The molecule has 2 fully saturated rings. The third-order valence-electron chi connectivity index (χ3n) is 3.83. The van der Waals surface area contributed by atoms with E-state index in [0.717, 1.165) is 19.4 Å². The fourth-order valence-corrected chi connectivity index (χ4v) is 3.96. The number of hydrogen-bond donors (Lipinski definition) is 2. The van der Waals surface area contributed by atoms with E-state index in [1.807, 2.05) is 0 Å². The number of amides is 1. The summed E-state index contributed by atoms with van der Waals surface area (Å²) >= 11 is 5.32. The van der Waals surface area contributed by atoms with Crippen molar-refractivity contribution in [2.75, 3.05) is 6.54 Å². The molecule has 0 aromatic carbocycles. The van der Waals surface area contributed by atoms with Crippen molar-refractivity contribution in [3.63, 3.8) is 0 Å². The molecule has 0 atom stereocenters. The minimum absolute atomic E-state index is 0.0529. The third kappa shape index (κ3) is 3.01. The van der Waals surface area contributed by atoms with Crippen LogP contribution in [0.15, 0.2) is 0 Å². The fraction of sp³-hybridized carbons (Fsp3) is 0.846. The van der Waals surface area contributed by atoms with E-state index < -0.39 is 0 Å². The number of rotatable bonds is 1. The van der Waals surface area contributed by atoms with Gasteiger partial charge in [0.15, 0.2) is 5.11 Å². The number of carbonyl (C=O) groups excluding carboxylic acids is 1. The summed E-state index contributed by atoms with van der Waals surface area (Å²) in [6, 6.07) is 0.438. The van der Waals surface area contributed by atoms with Gasteiger partial charge in [0, 0.05) is 31.8 Å². The van der Waals surface area contributed by atoms with Crippen molar-refractivity contribution in [1.82, 2.24) is 10.2 Å². The van der Waals surface area contributed by atoms with Crippen LogP contribution >= 0.6 is 12.2 Å². The molecule has 4 nitrogen and oxygen atoms in total. The molecule has 1 amide bonds. The summed E-state index contributed by atoms with van der Waals surface area (Å²) in [5.41, 5.74) is 0.451. The van der Waals surface area contributed by atoms with Crippen LogP contribution in [-0.2, 0) is 4.79 Å². The van der Waals surface area contributed by atoms with Crippen molar-refractivity contribution in [2.45, 2.75) is 64.1 Å². The van der Waals surface area contributed by atoms with E-state index in [-0.39, 0.29) is 17.0 Å². The summed E-state index contributed by atoms with van der Waals surface area (Å²) in [5.74, 6) is 0.0529. The van der Waals surface area contributed by atoms with Gasteiger partial charge in [-0.25, -0.2) is 0 Å². The van der Waals surface area contributed by atoms with E-state index in [1.165, 1.54) is 0 Å². The SMILES string of the molecule is CC1(C)CC(N2CCC(=O)NC2=S)CC(C)(C)[NH2+]1. The molecule has 0 aromatic rings. The number of nitrogens with two attached hydrogens (primary N) is 1. The van der Waals surface area contributed by atoms with Crippen LogP contribution in [0, 0.1) is 0 Å². The number of nitrogens with one attached hydrogen (secondary N) is 1. The topological polar surface area (TPSA) is 49.0 Å². The van der Waals surface area contributed by atoms with Crippen molar-refractivity contribution >= 4 is 23.2 Å². The predicted molar refractivity (Wildman–Crippen MR) is 75.2 cm³/mol. The molecule has 0 unspecified atom stereocenters. The Bertz CT molecular complexity index is 362. The van der Waals surface area contributed by atoms with Gasteiger partial charge in [0.1, 0.15) is 0 Å². The number of carbonyl (C=O) groups is 1. The van der Waals surface area contributed by atoms with Crippen LogP contribution in [0.5, 0.6) is 0 Å². The zero-order chi connectivity index (χ0) is 13.6. The molecule has 102 valence electrons. The largest absolute Gasteiger partial charge is 0.345 e. The van der Waals surface area contributed by atoms with E-state index in [1.54, 1.807) is 0 Å². The van der Waals surface area contributed by atoms with Crippen LogP contribution in [0.25, 0.3) is 0 Å². The minimum atomic E-state index is 0.0529. The Morgan fingerprint density at radius 1 is 1.28 bits per heavy atom. The number of hydrogen-bond acceptors (Lipinski definition) is 2. The molecular formula is C13H24N3OS+. The van der Waals surface area contributed by atoms with E-state index in [0.29, 0.717) is 17.6 Å². The molecule has 18 heavy (non-hydrogen) atoms. The molecular weight excluding hydrogens is 246 g/mol. The van der Waals surface area contributed by atoms with Gasteiger partial charge in [-0.15, -0.1) is 0 Å². The fourth-order valence-electron chi connectivity index (χ4n) is 3.61. The van der Waals surface area contributed by atoms with Crippen LogP contribution < -0.4 is 10.6 Å². The number of nitrogens with zero attached hydrogens (tertiary/aromatic N) is 1. The summed E-state index contributed by atoms with van der Waals surface area (Å²) in [4.78, 5) is 13.5. The first-order valence-corrected chi connectivity index (χ1v) is 7.07. The van der Waals surface area contributed by atoms with Gasteiger partial charge in [-0.2, -0.15) is 0 Å². The molecule has 0 saturated carbocycles. The molecule has 2 rings (SSSR count).